The molecule has 2 fully saturated rings. The molecule has 3 aliphatic rings. The maximum Gasteiger partial charge on any atom is 0.233 e. The maximum absolute atomic E-state index is 12.5. The largest absolute Gasteiger partial charge is 0.349 e. The number of amides is 2. The van der Waals surface area contributed by atoms with Crippen LogP contribution in [0.4, 0.5) is 0 Å². The number of imide groups is 1. The molecule has 4 unspecified atom stereocenters. The van der Waals surface area contributed by atoms with E-state index in [1.54, 1.807) is 0 Å². The molecule has 2 amide bonds. The molecule has 0 N–H and O–H groups in total. The molecule has 0 aromatic rings. The van der Waals surface area contributed by atoms with Gasteiger partial charge in [0.25, 0.3) is 0 Å². The molecule has 1 aliphatic heterocycles. The summed E-state index contributed by atoms with van der Waals surface area (Å²) in [5.74, 6) is 1.21. The summed E-state index contributed by atoms with van der Waals surface area (Å²) in [6, 6.07) is 0. The van der Waals surface area contributed by atoms with Crippen LogP contribution in [0.1, 0.15) is 6.42 Å². The summed E-state index contributed by atoms with van der Waals surface area (Å²) in [5.41, 5.74) is 0. The summed E-state index contributed by atoms with van der Waals surface area (Å²) >= 11 is 0. The average molecular weight is 432 g/mol. The highest BCUT2D eigenvalue weighted by Gasteiger charge is 2.58. The molecule has 1 heterocycles. The van der Waals surface area contributed by atoms with E-state index in [2.05, 4.69) is 17.1 Å². The van der Waals surface area contributed by atoms with Crippen molar-refractivity contribution in [2.24, 2.45) is 28.7 Å². The van der Waals surface area contributed by atoms with Crippen molar-refractivity contribution in [1.29, 1.82) is 0 Å². The number of aliphatic imine (C=N–C) groups is 1. The zero-order valence-electron chi connectivity index (χ0n) is 14.1. The Morgan fingerprint density at radius 3 is 2.00 bits per heavy atom. The molecule has 0 radical (unpaired) electrons. The zero-order chi connectivity index (χ0) is 16.0. The van der Waals surface area contributed by atoms with Crippen LogP contribution in [0.15, 0.2) is 17.1 Å². The molecule has 23 heavy (non-hydrogen) atoms. The Kier molecular flexibility index (Phi) is 5.37. The third-order valence-electron chi connectivity index (χ3n) is 4.94. The van der Waals surface area contributed by atoms with Crippen LogP contribution in [0, 0.1) is 23.7 Å². The summed E-state index contributed by atoms with van der Waals surface area (Å²) in [4.78, 5) is 34.9. The Morgan fingerprint density at radius 2 is 1.57 bits per heavy atom. The Hall–Kier alpha value is -1.12. The number of carbonyl (C=O) groups is 2. The monoisotopic (exact) mass is 432 g/mol. The first-order chi connectivity index (χ1) is 10.4. The quantitative estimate of drug-likeness (QED) is 0.219. The van der Waals surface area contributed by atoms with Gasteiger partial charge in [-0.1, -0.05) is 12.2 Å². The third-order valence-corrected chi connectivity index (χ3v) is 4.94. The molecule has 128 valence electrons. The van der Waals surface area contributed by atoms with Gasteiger partial charge in [0, 0.05) is 34.7 Å². The predicted octanol–water partition coefficient (Wildman–Crippen LogP) is 0.891. The molecule has 2 bridgehead atoms. The molecular weight excluding hydrogens is 407 g/mol. The first-order valence-electron chi connectivity index (χ1n) is 7.84. The molecule has 0 aromatic heterocycles. The second kappa shape index (κ2) is 6.78. The van der Waals surface area contributed by atoms with E-state index in [4.69, 9.17) is 0 Å². The van der Waals surface area contributed by atoms with Gasteiger partial charge in [-0.2, -0.15) is 0 Å². The fourth-order valence-electron chi connectivity index (χ4n) is 4.12. The SMILES string of the molecule is CN(C)C(=NCCN1C(=O)C2C3C=CC(C3)C2C1=O)N(C)C.I. The summed E-state index contributed by atoms with van der Waals surface area (Å²) in [5, 5.41) is 0. The molecular formula is C16H25IN4O2. The smallest absolute Gasteiger partial charge is 0.233 e. The van der Waals surface area contributed by atoms with Gasteiger partial charge >= 0.3 is 0 Å². The number of halogens is 1. The molecule has 1 saturated carbocycles. The lowest BCUT2D eigenvalue weighted by atomic mass is 9.85. The van der Waals surface area contributed by atoms with Gasteiger partial charge in [-0.3, -0.25) is 19.5 Å². The van der Waals surface area contributed by atoms with Gasteiger partial charge in [0.15, 0.2) is 5.96 Å². The van der Waals surface area contributed by atoms with Crippen molar-refractivity contribution in [3.05, 3.63) is 12.2 Å². The third kappa shape index (κ3) is 2.99. The molecule has 6 nitrogen and oxygen atoms in total. The van der Waals surface area contributed by atoms with Crippen LogP contribution in [0.5, 0.6) is 0 Å². The number of hydrogen-bond donors (Lipinski definition) is 0. The van der Waals surface area contributed by atoms with Crippen molar-refractivity contribution in [2.75, 3.05) is 41.3 Å². The molecule has 4 atom stereocenters. The summed E-state index contributed by atoms with van der Waals surface area (Å²) in [7, 11) is 7.72. The second-order valence-electron chi connectivity index (χ2n) is 6.80. The highest BCUT2D eigenvalue weighted by molar-refractivity contribution is 14.0. The molecule has 7 heteroatoms. The summed E-state index contributed by atoms with van der Waals surface area (Å²) in [6.45, 7) is 0.834. The van der Waals surface area contributed by atoms with Gasteiger partial charge in [0.2, 0.25) is 11.8 Å². The molecule has 3 rings (SSSR count). The van der Waals surface area contributed by atoms with Crippen LogP contribution >= 0.6 is 24.0 Å². The van der Waals surface area contributed by atoms with Crippen LogP contribution < -0.4 is 0 Å². The van der Waals surface area contributed by atoms with Crippen molar-refractivity contribution in [3.63, 3.8) is 0 Å². The standard InChI is InChI=1S/C16H24N4O2.HI/c1-18(2)16(19(3)4)17-7-8-20-14(21)12-10-5-6-11(9-10)13(12)15(20)22;/h5-6,10-13H,7-9H2,1-4H3;1H. The van der Waals surface area contributed by atoms with Crippen LogP contribution in [0.3, 0.4) is 0 Å². The lowest BCUT2D eigenvalue weighted by Crippen LogP contribution is -2.38. The minimum absolute atomic E-state index is 0. The Morgan fingerprint density at radius 1 is 1.09 bits per heavy atom. The van der Waals surface area contributed by atoms with E-state index in [9.17, 15) is 9.59 Å². The van der Waals surface area contributed by atoms with Gasteiger partial charge in [-0.25, -0.2) is 0 Å². The molecule has 1 saturated heterocycles. The van der Waals surface area contributed by atoms with E-state index in [1.807, 2.05) is 38.0 Å². The van der Waals surface area contributed by atoms with E-state index in [0.717, 1.165) is 12.4 Å². The maximum atomic E-state index is 12.5. The summed E-state index contributed by atoms with van der Waals surface area (Å²) in [6.07, 6.45) is 5.22. The minimum Gasteiger partial charge on any atom is -0.349 e. The molecule has 2 aliphatic carbocycles. The van der Waals surface area contributed by atoms with Crippen molar-refractivity contribution in [1.82, 2.24) is 14.7 Å². The lowest BCUT2D eigenvalue weighted by Gasteiger charge is -2.23. The van der Waals surface area contributed by atoms with Crippen molar-refractivity contribution < 1.29 is 9.59 Å². The topological polar surface area (TPSA) is 56.2 Å². The lowest BCUT2D eigenvalue weighted by molar-refractivity contribution is -0.140. The number of likely N-dealkylation sites (tertiary alicyclic amines) is 1. The number of rotatable bonds is 3. The Balaban J connectivity index is 0.00000192. The summed E-state index contributed by atoms with van der Waals surface area (Å²) < 4.78 is 0. The Bertz CT molecular complexity index is 518. The highest BCUT2D eigenvalue weighted by Crippen LogP contribution is 2.52. The fraction of sp³-hybridized carbons (Fsp3) is 0.688. The number of guanidine groups is 1. The Labute approximate surface area is 154 Å². The number of allylic oxidation sites excluding steroid dienone is 2. The van der Waals surface area contributed by atoms with Gasteiger partial charge in [-0.05, 0) is 18.3 Å². The van der Waals surface area contributed by atoms with Crippen LogP contribution in [0.2, 0.25) is 0 Å². The fourth-order valence-corrected chi connectivity index (χ4v) is 4.12. The van der Waals surface area contributed by atoms with Gasteiger partial charge in [0.1, 0.15) is 0 Å². The number of nitrogens with zero attached hydrogens (tertiary/aromatic N) is 4. The number of hydrogen-bond acceptors (Lipinski definition) is 3. The van der Waals surface area contributed by atoms with E-state index < -0.39 is 0 Å². The number of carbonyl (C=O) groups excluding carboxylic acids is 2. The van der Waals surface area contributed by atoms with E-state index in [1.165, 1.54) is 4.90 Å². The van der Waals surface area contributed by atoms with Gasteiger partial charge in [-0.15, -0.1) is 24.0 Å². The van der Waals surface area contributed by atoms with Crippen molar-refractivity contribution in [2.45, 2.75) is 6.42 Å². The number of fused-ring (bicyclic) bond motifs is 5. The normalized spacial score (nSPS) is 30.3. The van der Waals surface area contributed by atoms with Crippen LogP contribution in [-0.4, -0.2) is 73.8 Å². The zero-order valence-corrected chi connectivity index (χ0v) is 16.4. The van der Waals surface area contributed by atoms with Crippen LogP contribution in [-0.2, 0) is 9.59 Å². The molecule has 0 spiro atoms. The predicted molar refractivity (Wildman–Crippen MR) is 99.5 cm³/mol. The first-order valence-corrected chi connectivity index (χ1v) is 7.84. The minimum atomic E-state index is -0.103. The second-order valence-corrected chi connectivity index (χ2v) is 6.80. The highest BCUT2D eigenvalue weighted by atomic mass is 127. The van der Waals surface area contributed by atoms with Crippen molar-refractivity contribution in [3.8, 4) is 0 Å². The molecule has 0 aromatic carbocycles. The van der Waals surface area contributed by atoms with Gasteiger partial charge in [0.05, 0.1) is 18.4 Å². The van der Waals surface area contributed by atoms with Gasteiger partial charge < -0.3 is 9.80 Å². The van der Waals surface area contributed by atoms with E-state index in [0.29, 0.717) is 13.1 Å². The van der Waals surface area contributed by atoms with Crippen molar-refractivity contribution >= 4 is 41.8 Å². The van der Waals surface area contributed by atoms with E-state index in [-0.39, 0.29) is 59.5 Å². The first kappa shape index (κ1) is 18.2. The van der Waals surface area contributed by atoms with E-state index >= 15 is 0 Å². The van der Waals surface area contributed by atoms with Crippen LogP contribution in [0.25, 0.3) is 0 Å². The average Bonchev–Trinajstić information content (AvgIpc) is 3.10.